The highest BCUT2D eigenvalue weighted by atomic mass is 15.3. The van der Waals surface area contributed by atoms with E-state index >= 15 is 0 Å². The van der Waals surface area contributed by atoms with Crippen molar-refractivity contribution in [3.05, 3.63) is 36.5 Å². The van der Waals surface area contributed by atoms with E-state index in [1.807, 2.05) is 12.2 Å². The van der Waals surface area contributed by atoms with Crippen molar-refractivity contribution in [2.45, 2.75) is 52.1 Å². The number of hydrogen-bond donors (Lipinski definition) is 0. The molecular weight excluding hydrogens is 220 g/mol. The molecule has 1 heterocycles. The van der Waals surface area contributed by atoms with Crippen LogP contribution in [0.2, 0.25) is 0 Å². The summed E-state index contributed by atoms with van der Waals surface area (Å²) in [7, 11) is 2.14. The van der Waals surface area contributed by atoms with E-state index in [1.54, 1.807) is 0 Å². The van der Waals surface area contributed by atoms with Crippen LogP contribution in [-0.2, 0) is 0 Å². The number of hydrogen-bond acceptors (Lipinski definition) is 2. The molecule has 0 saturated carbocycles. The van der Waals surface area contributed by atoms with E-state index in [-0.39, 0.29) is 0 Å². The molecule has 0 aromatic heterocycles. The summed E-state index contributed by atoms with van der Waals surface area (Å²) in [5, 5.41) is 0. The average molecular weight is 246 g/mol. The van der Waals surface area contributed by atoms with E-state index in [9.17, 15) is 0 Å². The molecular formula is C16H26N2. The lowest BCUT2D eigenvalue weighted by Crippen LogP contribution is -2.34. The van der Waals surface area contributed by atoms with Crippen molar-refractivity contribution in [2.75, 3.05) is 7.05 Å². The zero-order valence-corrected chi connectivity index (χ0v) is 12.2. The summed E-state index contributed by atoms with van der Waals surface area (Å²) in [4.78, 5) is 7.12. The van der Waals surface area contributed by atoms with Gasteiger partial charge in [0.25, 0.3) is 0 Å². The Morgan fingerprint density at radius 1 is 1.44 bits per heavy atom. The van der Waals surface area contributed by atoms with Gasteiger partial charge in [-0.05, 0) is 25.3 Å². The van der Waals surface area contributed by atoms with Crippen LogP contribution in [0, 0.1) is 0 Å². The summed E-state index contributed by atoms with van der Waals surface area (Å²) in [5.74, 6) is 1.17. The highest BCUT2D eigenvalue weighted by Gasteiger charge is 2.29. The predicted octanol–water partition coefficient (Wildman–Crippen LogP) is 3.97. The zero-order valence-electron chi connectivity index (χ0n) is 12.2. The van der Waals surface area contributed by atoms with Crippen LogP contribution in [0.25, 0.3) is 0 Å². The third-order valence-electron chi connectivity index (χ3n) is 3.30. The first kappa shape index (κ1) is 14.7. The van der Waals surface area contributed by atoms with Crippen molar-refractivity contribution in [1.29, 1.82) is 0 Å². The zero-order chi connectivity index (χ0) is 13.5. The maximum absolute atomic E-state index is 4.83. The smallest absolute Gasteiger partial charge is 0.127 e. The fourth-order valence-electron chi connectivity index (χ4n) is 2.44. The molecule has 1 unspecified atom stereocenters. The van der Waals surface area contributed by atoms with Crippen LogP contribution in [-0.4, -0.2) is 29.9 Å². The third kappa shape index (κ3) is 3.34. The third-order valence-corrected chi connectivity index (χ3v) is 3.30. The number of rotatable bonds is 6. The van der Waals surface area contributed by atoms with E-state index in [2.05, 4.69) is 51.4 Å². The fraction of sp³-hybridized carbons (Fsp3) is 0.562. The monoisotopic (exact) mass is 246 g/mol. The molecule has 0 aromatic carbocycles. The molecule has 1 aliphatic rings. The lowest BCUT2D eigenvalue weighted by Gasteiger charge is -2.23. The Balaban J connectivity index is 2.90. The molecule has 0 aliphatic carbocycles. The first-order chi connectivity index (χ1) is 8.65. The number of aliphatic imine (C=N–C) groups is 1. The molecule has 0 saturated heterocycles. The number of allylic oxidation sites excluding steroid dienone is 3. The molecule has 2 atom stereocenters. The molecule has 0 N–H and O–H groups in total. The van der Waals surface area contributed by atoms with Crippen molar-refractivity contribution in [3.63, 3.8) is 0 Å². The van der Waals surface area contributed by atoms with Gasteiger partial charge >= 0.3 is 0 Å². The minimum absolute atomic E-state index is 0.318. The van der Waals surface area contributed by atoms with Gasteiger partial charge in [-0.1, -0.05) is 51.2 Å². The Bertz CT molecular complexity index is 363. The van der Waals surface area contributed by atoms with Gasteiger partial charge in [-0.25, -0.2) is 0 Å². The first-order valence-electron chi connectivity index (χ1n) is 6.94. The lowest BCUT2D eigenvalue weighted by molar-refractivity contribution is 0.423. The normalized spacial score (nSPS) is 24.8. The van der Waals surface area contributed by atoms with E-state index < -0.39 is 0 Å². The molecule has 0 radical (unpaired) electrons. The Morgan fingerprint density at radius 2 is 2.17 bits per heavy atom. The van der Waals surface area contributed by atoms with Gasteiger partial charge in [0, 0.05) is 7.05 Å². The minimum atomic E-state index is 0.318. The second kappa shape index (κ2) is 7.20. The molecule has 0 spiro atoms. The van der Waals surface area contributed by atoms with Crippen LogP contribution in [0.5, 0.6) is 0 Å². The highest BCUT2D eigenvalue weighted by Crippen LogP contribution is 2.23. The number of amidine groups is 1. The largest absolute Gasteiger partial charge is 0.351 e. The van der Waals surface area contributed by atoms with Crippen LogP contribution in [0.1, 0.15) is 40.0 Å². The summed E-state index contributed by atoms with van der Waals surface area (Å²) in [6.07, 6.45) is 11.7. The quantitative estimate of drug-likeness (QED) is 0.648. The van der Waals surface area contributed by atoms with Gasteiger partial charge in [0.15, 0.2) is 0 Å². The van der Waals surface area contributed by atoms with Gasteiger partial charge in [-0.3, -0.25) is 4.99 Å². The summed E-state index contributed by atoms with van der Waals surface area (Å²) in [6, 6.07) is 0.674. The Kier molecular flexibility index (Phi) is 5.90. The van der Waals surface area contributed by atoms with Gasteiger partial charge in [0.1, 0.15) is 5.84 Å². The number of nitrogens with zero attached hydrogens (tertiary/aromatic N) is 2. The van der Waals surface area contributed by atoms with Crippen molar-refractivity contribution in [3.8, 4) is 0 Å². The molecule has 2 heteroatoms. The molecule has 100 valence electrons. The topological polar surface area (TPSA) is 15.6 Å². The molecule has 0 amide bonds. The van der Waals surface area contributed by atoms with Gasteiger partial charge < -0.3 is 4.90 Å². The second-order valence-electron chi connectivity index (χ2n) is 4.80. The standard InChI is InChI=1S/C16H26N2/c1-6-9-12-15-13(4)17-16(18(15)5)14(10-7-2)11-8-3/h6,9-10,12-13,15H,1,7-8,11H2,2-5H3/b12-9-,14-10+/t13-,15?/m1/s1. The molecule has 1 rings (SSSR count). The predicted molar refractivity (Wildman–Crippen MR) is 81.1 cm³/mol. The fourth-order valence-corrected chi connectivity index (χ4v) is 2.44. The summed E-state index contributed by atoms with van der Waals surface area (Å²) < 4.78 is 0. The van der Waals surface area contributed by atoms with Crippen LogP contribution < -0.4 is 0 Å². The molecule has 1 aliphatic heterocycles. The van der Waals surface area contributed by atoms with Gasteiger partial charge in [0.05, 0.1) is 12.1 Å². The molecule has 0 aromatic rings. The van der Waals surface area contributed by atoms with Gasteiger partial charge in [-0.2, -0.15) is 0 Å². The van der Waals surface area contributed by atoms with Crippen LogP contribution in [0.15, 0.2) is 41.4 Å². The summed E-state index contributed by atoms with van der Waals surface area (Å²) in [6.45, 7) is 10.3. The molecule has 0 fully saturated rings. The maximum Gasteiger partial charge on any atom is 0.127 e. The number of likely N-dealkylation sites (N-methyl/N-ethyl adjacent to an activating group) is 1. The summed E-state index contributed by atoms with van der Waals surface area (Å²) in [5.41, 5.74) is 1.39. The van der Waals surface area contributed by atoms with Crippen molar-refractivity contribution >= 4 is 5.84 Å². The molecule has 18 heavy (non-hydrogen) atoms. The Labute approximate surface area is 112 Å². The van der Waals surface area contributed by atoms with Gasteiger partial charge in [0.2, 0.25) is 0 Å². The lowest BCUT2D eigenvalue weighted by atomic mass is 10.1. The van der Waals surface area contributed by atoms with E-state index in [0.29, 0.717) is 12.1 Å². The van der Waals surface area contributed by atoms with E-state index in [0.717, 1.165) is 12.8 Å². The van der Waals surface area contributed by atoms with Crippen molar-refractivity contribution in [1.82, 2.24) is 4.90 Å². The molecule has 2 nitrogen and oxygen atoms in total. The highest BCUT2D eigenvalue weighted by molar-refractivity contribution is 5.99. The van der Waals surface area contributed by atoms with Crippen molar-refractivity contribution in [2.24, 2.45) is 4.99 Å². The first-order valence-corrected chi connectivity index (χ1v) is 6.94. The SMILES string of the molecule is C=C/C=C\C1[C@@H](C)N=C(/C(=C/CC)CCC)N1C. The van der Waals surface area contributed by atoms with E-state index in [4.69, 9.17) is 4.99 Å². The second-order valence-corrected chi connectivity index (χ2v) is 4.80. The Morgan fingerprint density at radius 3 is 2.72 bits per heavy atom. The maximum atomic E-state index is 4.83. The Hall–Kier alpha value is -1.31. The average Bonchev–Trinajstić information content (AvgIpc) is 2.62. The summed E-state index contributed by atoms with van der Waals surface area (Å²) >= 11 is 0. The van der Waals surface area contributed by atoms with E-state index in [1.165, 1.54) is 17.8 Å². The van der Waals surface area contributed by atoms with Crippen molar-refractivity contribution < 1.29 is 0 Å². The minimum Gasteiger partial charge on any atom is -0.351 e. The molecule has 0 bridgehead atoms. The van der Waals surface area contributed by atoms with Crippen LogP contribution in [0.4, 0.5) is 0 Å². The van der Waals surface area contributed by atoms with Crippen LogP contribution in [0.3, 0.4) is 0 Å². The van der Waals surface area contributed by atoms with Gasteiger partial charge in [-0.15, -0.1) is 0 Å². The van der Waals surface area contributed by atoms with Crippen LogP contribution >= 0.6 is 0 Å².